The number of hydrogen-bond acceptors (Lipinski definition) is 3. The summed E-state index contributed by atoms with van der Waals surface area (Å²) >= 11 is 0. The molecule has 0 amide bonds. The molecular weight excluding hydrogens is 412 g/mol. The third-order valence-corrected chi connectivity index (χ3v) is 8.14. The Balaban J connectivity index is 1.70. The van der Waals surface area contributed by atoms with Crippen LogP contribution in [0, 0.1) is 38.5 Å². The molecule has 2 N–H and O–H groups in total. The van der Waals surface area contributed by atoms with Gasteiger partial charge >= 0.3 is 5.97 Å². The van der Waals surface area contributed by atoms with Crippen molar-refractivity contribution in [1.82, 2.24) is 0 Å². The molecule has 33 heavy (non-hydrogen) atoms. The zero-order chi connectivity index (χ0) is 24.8. The lowest BCUT2D eigenvalue weighted by Crippen LogP contribution is -2.37. The van der Waals surface area contributed by atoms with Crippen LogP contribution >= 0.6 is 0 Å². The van der Waals surface area contributed by atoms with Gasteiger partial charge in [0.05, 0.1) is 5.92 Å². The normalized spacial score (nSPS) is 20.6. The Morgan fingerprint density at radius 1 is 0.909 bits per heavy atom. The molecule has 2 rings (SSSR count). The number of phenolic OH excluding ortho intramolecular Hbond substituents is 1. The topological polar surface area (TPSA) is 66.8 Å². The fourth-order valence-electron chi connectivity index (χ4n) is 5.29. The van der Waals surface area contributed by atoms with Crippen molar-refractivity contribution in [2.75, 3.05) is 0 Å². The zero-order valence-electron chi connectivity index (χ0n) is 22.2. The molecule has 4 atom stereocenters. The van der Waals surface area contributed by atoms with Gasteiger partial charge in [-0.1, -0.05) is 59.3 Å². The van der Waals surface area contributed by atoms with E-state index in [0.29, 0.717) is 11.7 Å². The van der Waals surface area contributed by atoms with Crippen LogP contribution in [0.15, 0.2) is 0 Å². The molecule has 0 saturated carbocycles. The maximum absolute atomic E-state index is 10.9. The molecule has 0 saturated heterocycles. The molecule has 188 valence electrons. The average Bonchev–Trinajstić information content (AvgIpc) is 2.76. The van der Waals surface area contributed by atoms with Gasteiger partial charge in [0.2, 0.25) is 0 Å². The first-order valence-corrected chi connectivity index (χ1v) is 13.2. The molecular formula is C29H48O4. The van der Waals surface area contributed by atoms with E-state index in [4.69, 9.17) is 9.84 Å². The summed E-state index contributed by atoms with van der Waals surface area (Å²) in [6.07, 6.45) is 12.2. The van der Waals surface area contributed by atoms with Gasteiger partial charge in [0.25, 0.3) is 0 Å². The van der Waals surface area contributed by atoms with Gasteiger partial charge in [0.1, 0.15) is 17.1 Å². The van der Waals surface area contributed by atoms with Crippen molar-refractivity contribution in [3.63, 3.8) is 0 Å². The molecule has 1 aliphatic heterocycles. The number of fused-ring (bicyclic) bond motifs is 1. The van der Waals surface area contributed by atoms with Gasteiger partial charge in [-0.3, -0.25) is 4.79 Å². The van der Waals surface area contributed by atoms with Crippen molar-refractivity contribution in [2.45, 2.75) is 125 Å². The fourth-order valence-corrected chi connectivity index (χ4v) is 5.29. The smallest absolute Gasteiger partial charge is 0.306 e. The van der Waals surface area contributed by atoms with Crippen LogP contribution in [0.2, 0.25) is 0 Å². The van der Waals surface area contributed by atoms with Crippen LogP contribution in [0.4, 0.5) is 0 Å². The predicted octanol–water partition coefficient (Wildman–Crippen LogP) is 7.90. The Morgan fingerprint density at radius 2 is 1.45 bits per heavy atom. The van der Waals surface area contributed by atoms with Gasteiger partial charge in [-0.05, 0) is 88.3 Å². The first-order chi connectivity index (χ1) is 15.4. The second kappa shape index (κ2) is 12.1. The van der Waals surface area contributed by atoms with Crippen LogP contribution in [0.1, 0.15) is 114 Å². The highest BCUT2D eigenvalue weighted by molar-refractivity contribution is 5.69. The van der Waals surface area contributed by atoms with Gasteiger partial charge in [0, 0.05) is 5.56 Å². The van der Waals surface area contributed by atoms with Crippen LogP contribution in [0.3, 0.4) is 0 Å². The first kappa shape index (κ1) is 27.5. The molecule has 0 aromatic heterocycles. The molecule has 0 aliphatic carbocycles. The number of rotatable bonds is 13. The molecule has 0 fully saturated rings. The Labute approximate surface area is 202 Å². The number of benzene rings is 1. The van der Waals surface area contributed by atoms with Crippen molar-refractivity contribution in [1.29, 1.82) is 0 Å². The Morgan fingerprint density at radius 3 is 2.03 bits per heavy atom. The highest BCUT2D eigenvalue weighted by Crippen LogP contribution is 2.44. The molecule has 0 spiro atoms. The summed E-state index contributed by atoms with van der Waals surface area (Å²) in [4.78, 5) is 10.9. The van der Waals surface area contributed by atoms with Crippen molar-refractivity contribution in [3.8, 4) is 11.5 Å². The molecule has 4 unspecified atom stereocenters. The zero-order valence-corrected chi connectivity index (χ0v) is 22.2. The SMILES string of the molecule is Cc1c(C)c2c(c(C)c1O)CCC(C)(CCCC(C)CCCC(C)CCCC(C)C(=O)O)O2. The van der Waals surface area contributed by atoms with E-state index in [1.54, 1.807) is 6.92 Å². The van der Waals surface area contributed by atoms with Gasteiger partial charge in [-0.15, -0.1) is 0 Å². The minimum atomic E-state index is -0.673. The number of phenols is 1. The number of carbonyl (C=O) groups is 1. The van der Waals surface area contributed by atoms with Crippen LogP contribution in [-0.4, -0.2) is 21.8 Å². The third kappa shape index (κ3) is 7.65. The number of carboxylic acids is 1. The molecule has 1 aromatic rings. The van der Waals surface area contributed by atoms with Gasteiger partial charge in [0.15, 0.2) is 0 Å². The quantitative estimate of drug-likeness (QED) is 0.314. The maximum Gasteiger partial charge on any atom is 0.306 e. The fraction of sp³-hybridized carbons (Fsp3) is 0.759. The van der Waals surface area contributed by atoms with E-state index in [9.17, 15) is 9.90 Å². The van der Waals surface area contributed by atoms with Gasteiger partial charge < -0.3 is 14.9 Å². The number of hydrogen-bond donors (Lipinski definition) is 2. The summed E-state index contributed by atoms with van der Waals surface area (Å²) < 4.78 is 6.58. The van der Waals surface area contributed by atoms with Crippen molar-refractivity contribution in [3.05, 3.63) is 22.3 Å². The highest BCUT2D eigenvalue weighted by Gasteiger charge is 2.34. The number of aliphatic carboxylic acids is 1. The molecule has 1 aromatic carbocycles. The van der Waals surface area contributed by atoms with E-state index in [-0.39, 0.29) is 11.5 Å². The first-order valence-electron chi connectivity index (χ1n) is 13.2. The minimum absolute atomic E-state index is 0.116. The van der Waals surface area contributed by atoms with Crippen LogP contribution in [0.5, 0.6) is 11.5 Å². The lowest BCUT2D eigenvalue weighted by molar-refractivity contribution is -0.141. The molecule has 4 heteroatoms. The van der Waals surface area contributed by atoms with Crippen molar-refractivity contribution < 1.29 is 19.7 Å². The number of aromatic hydroxyl groups is 1. The van der Waals surface area contributed by atoms with E-state index in [1.165, 1.54) is 37.7 Å². The largest absolute Gasteiger partial charge is 0.507 e. The van der Waals surface area contributed by atoms with E-state index < -0.39 is 5.97 Å². The van der Waals surface area contributed by atoms with Crippen LogP contribution in [0.25, 0.3) is 0 Å². The summed E-state index contributed by atoms with van der Waals surface area (Å²) in [5.41, 5.74) is 4.07. The van der Waals surface area contributed by atoms with E-state index in [1.807, 2.05) is 13.8 Å². The second-order valence-corrected chi connectivity index (χ2v) is 11.3. The summed E-state index contributed by atoms with van der Waals surface area (Å²) in [6.45, 7) is 14.8. The minimum Gasteiger partial charge on any atom is -0.507 e. The monoisotopic (exact) mass is 460 g/mol. The Kier molecular flexibility index (Phi) is 10.1. The number of carboxylic acid groups (broad SMARTS) is 1. The van der Waals surface area contributed by atoms with E-state index in [2.05, 4.69) is 27.7 Å². The van der Waals surface area contributed by atoms with Crippen LogP contribution < -0.4 is 4.74 Å². The third-order valence-electron chi connectivity index (χ3n) is 8.14. The van der Waals surface area contributed by atoms with E-state index >= 15 is 0 Å². The lowest BCUT2D eigenvalue weighted by atomic mass is 9.84. The summed E-state index contributed by atoms with van der Waals surface area (Å²) in [6, 6.07) is 0. The lowest BCUT2D eigenvalue weighted by Gasteiger charge is -2.38. The van der Waals surface area contributed by atoms with Crippen molar-refractivity contribution >= 4 is 5.97 Å². The second-order valence-electron chi connectivity index (χ2n) is 11.3. The van der Waals surface area contributed by atoms with Gasteiger partial charge in [-0.2, -0.15) is 0 Å². The Bertz CT molecular complexity index is 800. The average molecular weight is 461 g/mol. The predicted molar refractivity (Wildman–Crippen MR) is 136 cm³/mol. The Hall–Kier alpha value is -1.71. The summed E-state index contributed by atoms with van der Waals surface area (Å²) in [5.74, 6) is 1.96. The molecule has 0 bridgehead atoms. The summed E-state index contributed by atoms with van der Waals surface area (Å²) in [5, 5.41) is 19.4. The van der Waals surface area contributed by atoms with E-state index in [0.717, 1.165) is 66.9 Å². The highest BCUT2D eigenvalue weighted by atomic mass is 16.5. The van der Waals surface area contributed by atoms with Gasteiger partial charge in [-0.25, -0.2) is 0 Å². The standard InChI is InChI=1S/C29H48O4/c1-19(13-9-15-21(3)28(31)32)11-8-12-20(2)14-10-17-29(7)18-16-25-24(6)26(30)22(4)23(5)27(25)33-29/h19-21,30H,8-18H2,1-7H3,(H,31,32). The molecule has 0 radical (unpaired) electrons. The molecule has 4 nitrogen and oxygen atoms in total. The van der Waals surface area contributed by atoms with Crippen LogP contribution in [-0.2, 0) is 11.2 Å². The number of ether oxygens (including phenoxy) is 1. The maximum atomic E-state index is 10.9. The molecule has 1 aliphatic rings. The summed E-state index contributed by atoms with van der Waals surface area (Å²) in [7, 11) is 0. The van der Waals surface area contributed by atoms with Crippen molar-refractivity contribution in [2.24, 2.45) is 17.8 Å². The molecule has 1 heterocycles.